The van der Waals surface area contributed by atoms with E-state index in [2.05, 4.69) is 4.84 Å². The summed E-state index contributed by atoms with van der Waals surface area (Å²) in [6.45, 7) is 1.72. The van der Waals surface area contributed by atoms with Gasteiger partial charge in [0.1, 0.15) is 5.82 Å². The fraction of sp³-hybridized carbons (Fsp3) is 0.222. The zero-order valence-corrected chi connectivity index (χ0v) is 7.61. The van der Waals surface area contributed by atoms with E-state index in [4.69, 9.17) is 5.21 Å². The Morgan fingerprint density at radius 2 is 2.21 bits per heavy atom. The molecule has 1 rings (SSSR count). The molecule has 4 nitrogen and oxygen atoms in total. The molecule has 0 aliphatic carbocycles. The van der Waals surface area contributed by atoms with Gasteiger partial charge in [-0.2, -0.15) is 0 Å². The molecule has 0 aliphatic heterocycles. The Kier molecular flexibility index (Phi) is 3.55. The van der Waals surface area contributed by atoms with E-state index in [1.807, 2.05) is 0 Å². The molecule has 76 valence electrons. The van der Waals surface area contributed by atoms with E-state index < -0.39 is 11.7 Å². The Labute approximate surface area is 80.4 Å². The summed E-state index contributed by atoms with van der Waals surface area (Å²) in [4.78, 5) is 15.8. The highest BCUT2D eigenvalue weighted by atomic mass is 19.1. The standard InChI is InChI=1S/C9H10FNO3/c1-2-14-11(13)9(12)7-5-3-4-6-8(7)10/h3-6,13H,2H2,1H3. The molecule has 0 unspecified atom stereocenters. The van der Waals surface area contributed by atoms with Gasteiger partial charge in [-0.25, -0.2) is 9.23 Å². The molecule has 0 aromatic heterocycles. The van der Waals surface area contributed by atoms with Crippen LogP contribution in [0.2, 0.25) is 0 Å². The summed E-state index contributed by atoms with van der Waals surface area (Å²) < 4.78 is 13.0. The smallest absolute Gasteiger partial charge is 0.264 e. The van der Waals surface area contributed by atoms with Crippen LogP contribution in [0.25, 0.3) is 0 Å². The maximum absolute atomic E-state index is 13.0. The summed E-state index contributed by atoms with van der Waals surface area (Å²) >= 11 is 0. The maximum atomic E-state index is 13.0. The lowest BCUT2D eigenvalue weighted by molar-refractivity contribution is -0.294. The first-order valence-corrected chi connectivity index (χ1v) is 4.07. The van der Waals surface area contributed by atoms with Crippen LogP contribution >= 0.6 is 0 Å². The summed E-state index contributed by atoms with van der Waals surface area (Å²) in [5.41, 5.74) is -0.233. The first-order chi connectivity index (χ1) is 6.66. The number of carbonyl (C=O) groups excluding carboxylic acids is 1. The lowest BCUT2D eigenvalue weighted by Gasteiger charge is -2.12. The van der Waals surface area contributed by atoms with Crippen molar-refractivity contribution in [2.45, 2.75) is 6.92 Å². The molecule has 14 heavy (non-hydrogen) atoms. The molecular formula is C9H10FNO3. The van der Waals surface area contributed by atoms with Crippen LogP contribution in [0.4, 0.5) is 4.39 Å². The van der Waals surface area contributed by atoms with E-state index in [0.717, 1.165) is 6.07 Å². The van der Waals surface area contributed by atoms with Gasteiger partial charge in [0.25, 0.3) is 0 Å². The lowest BCUT2D eigenvalue weighted by Crippen LogP contribution is -2.28. The van der Waals surface area contributed by atoms with Gasteiger partial charge in [-0.15, -0.1) is 0 Å². The second kappa shape index (κ2) is 4.69. The van der Waals surface area contributed by atoms with Gasteiger partial charge in [-0.1, -0.05) is 17.4 Å². The third-order valence-corrected chi connectivity index (χ3v) is 1.53. The number of benzene rings is 1. The quantitative estimate of drug-likeness (QED) is 0.594. The summed E-state index contributed by atoms with van der Waals surface area (Å²) in [5.74, 6) is -1.62. The lowest BCUT2D eigenvalue weighted by atomic mass is 10.2. The molecule has 1 amide bonds. The number of hydrogen-bond acceptors (Lipinski definition) is 3. The van der Waals surface area contributed by atoms with E-state index in [1.165, 1.54) is 18.2 Å². The third-order valence-electron chi connectivity index (χ3n) is 1.53. The molecule has 1 N–H and O–H groups in total. The SMILES string of the molecule is CCON(O)C(=O)c1ccccc1F. The van der Waals surface area contributed by atoms with E-state index in [-0.39, 0.29) is 17.4 Å². The number of hydrogen-bond donors (Lipinski definition) is 1. The topological polar surface area (TPSA) is 49.8 Å². The number of amides is 1. The third kappa shape index (κ3) is 2.27. The molecule has 0 saturated carbocycles. The Morgan fingerprint density at radius 1 is 1.57 bits per heavy atom. The van der Waals surface area contributed by atoms with Crippen LogP contribution in [0, 0.1) is 5.82 Å². The Morgan fingerprint density at radius 3 is 2.79 bits per heavy atom. The van der Waals surface area contributed by atoms with Gasteiger partial charge >= 0.3 is 5.91 Å². The average Bonchev–Trinajstić information content (AvgIpc) is 2.18. The highest BCUT2D eigenvalue weighted by Gasteiger charge is 2.17. The minimum absolute atomic E-state index is 0.0262. The molecule has 0 heterocycles. The number of nitrogens with zero attached hydrogens (tertiary/aromatic N) is 1. The Hall–Kier alpha value is -1.46. The Balaban J connectivity index is 2.84. The second-order valence-corrected chi connectivity index (χ2v) is 2.48. The van der Waals surface area contributed by atoms with Crippen LogP contribution in [0.3, 0.4) is 0 Å². The fourth-order valence-corrected chi connectivity index (χ4v) is 0.919. The number of hydroxylamine groups is 2. The molecule has 0 saturated heterocycles. The van der Waals surface area contributed by atoms with Gasteiger partial charge in [-0.05, 0) is 19.1 Å². The molecule has 0 spiro atoms. The van der Waals surface area contributed by atoms with Crippen LogP contribution in [0.5, 0.6) is 0 Å². The van der Waals surface area contributed by atoms with Crippen LogP contribution < -0.4 is 0 Å². The van der Waals surface area contributed by atoms with Gasteiger partial charge in [0.15, 0.2) is 0 Å². The van der Waals surface area contributed by atoms with Gasteiger partial charge in [0.2, 0.25) is 0 Å². The van der Waals surface area contributed by atoms with E-state index in [0.29, 0.717) is 0 Å². The first-order valence-electron chi connectivity index (χ1n) is 4.07. The minimum atomic E-state index is -0.926. The predicted molar refractivity (Wildman–Crippen MR) is 46.0 cm³/mol. The largest absolute Gasteiger partial charge is 0.306 e. The molecule has 0 fully saturated rings. The molecule has 1 aromatic carbocycles. The first kappa shape index (κ1) is 10.6. The molecule has 0 atom stereocenters. The zero-order valence-electron chi connectivity index (χ0n) is 7.61. The van der Waals surface area contributed by atoms with Crippen molar-refractivity contribution in [1.82, 2.24) is 5.23 Å². The molecule has 1 aromatic rings. The van der Waals surface area contributed by atoms with Gasteiger partial charge in [-0.3, -0.25) is 10.0 Å². The Bertz CT molecular complexity index is 330. The minimum Gasteiger partial charge on any atom is -0.264 e. The van der Waals surface area contributed by atoms with Crippen molar-refractivity contribution >= 4 is 5.91 Å². The summed E-state index contributed by atoms with van der Waals surface area (Å²) in [5, 5.41) is 9.02. The summed E-state index contributed by atoms with van der Waals surface area (Å²) in [6, 6.07) is 5.34. The number of carbonyl (C=O) groups is 1. The van der Waals surface area contributed by atoms with Crippen LogP contribution in [0.15, 0.2) is 24.3 Å². The maximum Gasteiger partial charge on any atom is 0.306 e. The van der Waals surface area contributed by atoms with Crippen LogP contribution in [0.1, 0.15) is 17.3 Å². The van der Waals surface area contributed by atoms with Crippen molar-refractivity contribution in [2.75, 3.05) is 6.61 Å². The van der Waals surface area contributed by atoms with Crippen LogP contribution in [-0.4, -0.2) is 22.9 Å². The van der Waals surface area contributed by atoms with Gasteiger partial charge in [0.05, 0.1) is 12.2 Å². The van der Waals surface area contributed by atoms with Crippen molar-refractivity contribution < 1.29 is 19.2 Å². The van der Waals surface area contributed by atoms with Crippen molar-refractivity contribution in [3.63, 3.8) is 0 Å². The van der Waals surface area contributed by atoms with Crippen LogP contribution in [-0.2, 0) is 4.84 Å². The van der Waals surface area contributed by atoms with Crippen molar-refractivity contribution in [3.8, 4) is 0 Å². The molecular weight excluding hydrogens is 189 g/mol. The number of rotatable bonds is 3. The summed E-state index contributed by atoms with van der Waals surface area (Å²) in [7, 11) is 0. The van der Waals surface area contributed by atoms with Crippen molar-refractivity contribution in [2.24, 2.45) is 0 Å². The van der Waals surface area contributed by atoms with Crippen molar-refractivity contribution in [3.05, 3.63) is 35.6 Å². The molecule has 0 radical (unpaired) electrons. The highest BCUT2D eigenvalue weighted by Crippen LogP contribution is 2.08. The van der Waals surface area contributed by atoms with E-state index >= 15 is 0 Å². The molecule has 5 heteroatoms. The van der Waals surface area contributed by atoms with Gasteiger partial charge in [0, 0.05) is 0 Å². The van der Waals surface area contributed by atoms with Gasteiger partial charge < -0.3 is 0 Å². The zero-order chi connectivity index (χ0) is 10.6. The highest BCUT2D eigenvalue weighted by molar-refractivity contribution is 5.92. The van der Waals surface area contributed by atoms with E-state index in [9.17, 15) is 9.18 Å². The fourth-order valence-electron chi connectivity index (χ4n) is 0.919. The normalized spacial score (nSPS) is 9.93. The molecule has 0 bridgehead atoms. The summed E-state index contributed by atoms with van der Waals surface area (Å²) in [6.07, 6.45) is 0. The average molecular weight is 199 g/mol. The van der Waals surface area contributed by atoms with Crippen molar-refractivity contribution in [1.29, 1.82) is 0 Å². The monoisotopic (exact) mass is 199 g/mol. The number of halogens is 1. The predicted octanol–water partition coefficient (Wildman–Crippen LogP) is 1.61. The molecule has 0 aliphatic rings. The van der Waals surface area contributed by atoms with E-state index in [1.54, 1.807) is 6.92 Å². The second-order valence-electron chi connectivity index (χ2n) is 2.48.